The lowest BCUT2D eigenvalue weighted by molar-refractivity contribution is 1.33. The third-order valence-corrected chi connectivity index (χ3v) is 2.74. The molecule has 0 saturated heterocycles. The van der Waals surface area contributed by atoms with Crippen LogP contribution in [0.2, 0.25) is 15.2 Å². The molecule has 0 fully saturated rings. The van der Waals surface area contributed by atoms with Gasteiger partial charge in [-0.05, 0) is 35.9 Å². The maximum absolute atomic E-state index is 6.06. The van der Waals surface area contributed by atoms with Crippen LogP contribution in [0.1, 0.15) is 0 Å². The van der Waals surface area contributed by atoms with Crippen molar-refractivity contribution in [2.75, 3.05) is 0 Å². The van der Waals surface area contributed by atoms with Gasteiger partial charge in [0.25, 0.3) is 0 Å². The second kappa shape index (κ2) is 4.40. The van der Waals surface area contributed by atoms with E-state index < -0.39 is 0 Å². The van der Waals surface area contributed by atoms with Crippen LogP contribution in [0.5, 0.6) is 0 Å². The van der Waals surface area contributed by atoms with Gasteiger partial charge in [0.15, 0.2) is 0 Å². The number of nitrogens with zero attached hydrogens (tertiary/aromatic N) is 1. The van der Waals surface area contributed by atoms with E-state index in [9.17, 15) is 0 Å². The predicted molar refractivity (Wildman–Crippen MR) is 64.7 cm³/mol. The first kappa shape index (κ1) is 10.7. The third kappa shape index (κ3) is 2.43. The number of pyridine rings is 1. The van der Waals surface area contributed by atoms with E-state index in [0.29, 0.717) is 15.2 Å². The van der Waals surface area contributed by atoms with Crippen molar-refractivity contribution in [3.05, 3.63) is 51.7 Å². The Bertz CT molecular complexity index is 497. The summed E-state index contributed by atoms with van der Waals surface area (Å²) in [6.07, 6.45) is 1.63. The topological polar surface area (TPSA) is 12.9 Å². The van der Waals surface area contributed by atoms with Gasteiger partial charge in [0, 0.05) is 21.8 Å². The minimum Gasteiger partial charge on any atom is -0.245 e. The van der Waals surface area contributed by atoms with E-state index in [2.05, 4.69) is 4.98 Å². The van der Waals surface area contributed by atoms with Crippen LogP contribution in [0.25, 0.3) is 11.1 Å². The molecule has 0 spiro atoms. The zero-order valence-corrected chi connectivity index (χ0v) is 9.81. The molecule has 76 valence electrons. The first-order valence-electron chi connectivity index (χ1n) is 4.24. The quantitative estimate of drug-likeness (QED) is 0.675. The number of hydrogen-bond donors (Lipinski definition) is 0. The van der Waals surface area contributed by atoms with Gasteiger partial charge in [-0.2, -0.15) is 0 Å². The maximum Gasteiger partial charge on any atom is 0.129 e. The highest BCUT2D eigenvalue weighted by atomic mass is 35.5. The second-order valence-electron chi connectivity index (χ2n) is 2.99. The van der Waals surface area contributed by atoms with Crippen molar-refractivity contribution < 1.29 is 0 Å². The molecule has 15 heavy (non-hydrogen) atoms. The highest BCUT2D eigenvalue weighted by Gasteiger charge is 2.04. The normalized spacial score (nSPS) is 10.3. The number of aromatic nitrogens is 1. The van der Waals surface area contributed by atoms with Crippen LogP contribution in [-0.2, 0) is 0 Å². The second-order valence-corrected chi connectivity index (χ2v) is 4.22. The van der Waals surface area contributed by atoms with Crippen molar-refractivity contribution in [2.45, 2.75) is 0 Å². The van der Waals surface area contributed by atoms with E-state index in [1.54, 1.807) is 30.5 Å². The van der Waals surface area contributed by atoms with Gasteiger partial charge >= 0.3 is 0 Å². The standard InChI is InChI=1S/C11H6Cl3N/c12-8-1-2-10(13)9(6-8)7-3-4-15-11(14)5-7/h1-6H. The third-order valence-electron chi connectivity index (χ3n) is 1.97. The lowest BCUT2D eigenvalue weighted by Crippen LogP contribution is -1.81. The van der Waals surface area contributed by atoms with Crippen LogP contribution in [0.15, 0.2) is 36.5 Å². The molecule has 4 heteroatoms. The zero-order valence-electron chi connectivity index (χ0n) is 7.55. The minimum absolute atomic E-state index is 0.434. The monoisotopic (exact) mass is 257 g/mol. The molecule has 0 aliphatic carbocycles. The van der Waals surface area contributed by atoms with Gasteiger partial charge in [0.1, 0.15) is 5.15 Å². The Balaban J connectivity index is 2.58. The van der Waals surface area contributed by atoms with Gasteiger partial charge in [0.2, 0.25) is 0 Å². The van der Waals surface area contributed by atoms with E-state index in [1.807, 2.05) is 6.07 Å². The average Bonchev–Trinajstić information content (AvgIpc) is 2.22. The van der Waals surface area contributed by atoms with Crippen LogP contribution in [0.4, 0.5) is 0 Å². The summed E-state index contributed by atoms with van der Waals surface area (Å²) < 4.78 is 0. The van der Waals surface area contributed by atoms with Gasteiger partial charge in [-0.3, -0.25) is 0 Å². The van der Waals surface area contributed by atoms with Crippen molar-refractivity contribution in [1.29, 1.82) is 0 Å². The molecule has 0 atom stereocenters. The van der Waals surface area contributed by atoms with Crippen molar-refractivity contribution in [1.82, 2.24) is 4.98 Å². The Hall–Kier alpha value is -0.760. The summed E-state index contributed by atoms with van der Waals surface area (Å²) in [4.78, 5) is 3.91. The molecular weight excluding hydrogens is 252 g/mol. The molecule has 0 unspecified atom stereocenters. The molecule has 0 aliphatic rings. The van der Waals surface area contributed by atoms with Crippen LogP contribution in [0.3, 0.4) is 0 Å². The van der Waals surface area contributed by atoms with Crippen molar-refractivity contribution >= 4 is 34.8 Å². The van der Waals surface area contributed by atoms with Gasteiger partial charge in [-0.25, -0.2) is 4.98 Å². The fourth-order valence-electron chi connectivity index (χ4n) is 1.29. The molecular formula is C11H6Cl3N. The number of benzene rings is 1. The summed E-state index contributed by atoms with van der Waals surface area (Å²) in [5.74, 6) is 0. The zero-order chi connectivity index (χ0) is 10.8. The summed E-state index contributed by atoms with van der Waals surface area (Å²) in [6.45, 7) is 0. The Labute approximate surface area is 103 Å². The van der Waals surface area contributed by atoms with E-state index in [4.69, 9.17) is 34.8 Å². The lowest BCUT2D eigenvalue weighted by Gasteiger charge is -2.04. The van der Waals surface area contributed by atoms with Gasteiger partial charge < -0.3 is 0 Å². The highest BCUT2D eigenvalue weighted by molar-refractivity contribution is 6.35. The van der Waals surface area contributed by atoms with Gasteiger partial charge in [-0.15, -0.1) is 0 Å². The molecule has 0 aliphatic heterocycles. The SMILES string of the molecule is Clc1ccc(Cl)c(-c2ccnc(Cl)c2)c1. The fraction of sp³-hybridized carbons (Fsp3) is 0. The van der Waals surface area contributed by atoms with Crippen molar-refractivity contribution in [3.8, 4) is 11.1 Å². The Morgan fingerprint density at radius 1 is 0.933 bits per heavy atom. The number of rotatable bonds is 1. The fourth-order valence-corrected chi connectivity index (χ4v) is 1.86. The first-order chi connectivity index (χ1) is 7.16. The average molecular weight is 259 g/mol. The predicted octanol–water partition coefficient (Wildman–Crippen LogP) is 4.71. The molecule has 0 bridgehead atoms. The Morgan fingerprint density at radius 3 is 2.47 bits per heavy atom. The molecule has 2 rings (SSSR count). The van der Waals surface area contributed by atoms with Crippen LogP contribution < -0.4 is 0 Å². The van der Waals surface area contributed by atoms with Crippen LogP contribution in [0, 0.1) is 0 Å². The molecule has 1 aromatic carbocycles. The van der Waals surface area contributed by atoms with Crippen LogP contribution >= 0.6 is 34.8 Å². The lowest BCUT2D eigenvalue weighted by atomic mass is 10.1. The summed E-state index contributed by atoms with van der Waals surface area (Å²) in [7, 11) is 0. The van der Waals surface area contributed by atoms with Crippen LogP contribution in [-0.4, -0.2) is 4.98 Å². The van der Waals surface area contributed by atoms with Gasteiger partial charge in [-0.1, -0.05) is 34.8 Å². The maximum atomic E-state index is 6.06. The Kier molecular flexibility index (Phi) is 3.15. The van der Waals surface area contributed by atoms with Gasteiger partial charge in [0.05, 0.1) is 0 Å². The summed E-state index contributed by atoms with van der Waals surface area (Å²) in [5.41, 5.74) is 1.76. The Morgan fingerprint density at radius 2 is 1.73 bits per heavy atom. The minimum atomic E-state index is 0.434. The molecule has 1 aromatic heterocycles. The molecule has 1 heterocycles. The molecule has 0 N–H and O–H groups in total. The molecule has 0 radical (unpaired) electrons. The molecule has 1 nitrogen and oxygen atoms in total. The summed E-state index contributed by atoms with van der Waals surface area (Å²) >= 11 is 17.8. The number of halogens is 3. The van der Waals surface area contributed by atoms with E-state index in [-0.39, 0.29) is 0 Å². The van der Waals surface area contributed by atoms with E-state index in [0.717, 1.165) is 11.1 Å². The van der Waals surface area contributed by atoms with Crippen molar-refractivity contribution in [3.63, 3.8) is 0 Å². The summed E-state index contributed by atoms with van der Waals surface area (Å²) in [5, 5.41) is 1.72. The number of hydrogen-bond acceptors (Lipinski definition) is 1. The van der Waals surface area contributed by atoms with Crippen molar-refractivity contribution in [2.24, 2.45) is 0 Å². The molecule has 0 amide bonds. The first-order valence-corrected chi connectivity index (χ1v) is 5.37. The molecule has 0 saturated carbocycles. The largest absolute Gasteiger partial charge is 0.245 e. The molecule has 2 aromatic rings. The smallest absolute Gasteiger partial charge is 0.129 e. The summed E-state index contributed by atoms with van der Waals surface area (Å²) in [6, 6.07) is 8.89. The van der Waals surface area contributed by atoms with E-state index in [1.165, 1.54) is 0 Å². The highest BCUT2D eigenvalue weighted by Crippen LogP contribution is 2.31. The van der Waals surface area contributed by atoms with E-state index >= 15 is 0 Å².